The minimum absolute atomic E-state index is 0.130. The van der Waals surface area contributed by atoms with E-state index in [4.69, 9.17) is 9.16 Å². The third-order valence-corrected chi connectivity index (χ3v) is 7.12. The van der Waals surface area contributed by atoms with Gasteiger partial charge in [0.15, 0.2) is 0 Å². The highest BCUT2D eigenvalue weighted by molar-refractivity contribution is 6.74. The van der Waals surface area contributed by atoms with E-state index in [9.17, 15) is 4.79 Å². The van der Waals surface area contributed by atoms with Crippen molar-refractivity contribution in [3.63, 3.8) is 0 Å². The van der Waals surface area contributed by atoms with Crippen molar-refractivity contribution in [2.45, 2.75) is 65.3 Å². The molecule has 0 spiro atoms. The number of esters is 1. The van der Waals surface area contributed by atoms with E-state index in [0.717, 1.165) is 0 Å². The summed E-state index contributed by atoms with van der Waals surface area (Å²) >= 11 is 0. The lowest BCUT2D eigenvalue weighted by atomic mass is 10.2. The summed E-state index contributed by atoms with van der Waals surface area (Å²) in [5.41, 5.74) is -0.460. The van der Waals surface area contributed by atoms with Crippen molar-refractivity contribution in [1.29, 1.82) is 0 Å². The SMILES string of the molecule is CC(C)(C)OC(=O)/C=C/O[Si](C)(C)C(C)(C)C. The molecule has 0 heterocycles. The third-order valence-electron chi connectivity index (χ3n) is 2.78. The number of ether oxygens (including phenoxy) is 1. The van der Waals surface area contributed by atoms with Crippen molar-refractivity contribution in [2.24, 2.45) is 0 Å². The first-order valence-corrected chi connectivity index (χ1v) is 8.83. The zero-order valence-electron chi connectivity index (χ0n) is 12.4. The van der Waals surface area contributed by atoms with Crippen LogP contribution in [0.2, 0.25) is 18.1 Å². The van der Waals surface area contributed by atoms with Gasteiger partial charge in [-0.15, -0.1) is 0 Å². The summed E-state index contributed by atoms with van der Waals surface area (Å²) in [6, 6.07) is 0. The molecule has 0 saturated carbocycles. The summed E-state index contributed by atoms with van der Waals surface area (Å²) in [4.78, 5) is 11.4. The summed E-state index contributed by atoms with van der Waals surface area (Å²) in [5, 5.41) is 0.130. The van der Waals surface area contributed by atoms with E-state index in [-0.39, 0.29) is 11.0 Å². The van der Waals surface area contributed by atoms with Crippen LogP contribution in [0.15, 0.2) is 12.3 Å². The molecule has 0 radical (unpaired) electrons. The summed E-state index contributed by atoms with van der Waals surface area (Å²) in [7, 11) is -1.82. The topological polar surface area (TPSA) is 35.5 Å². The fourth-order valence-electron chi connectivity index (χ4n) is 0.772. The quantitative estimate of drug-likeness (QED) is 0.334. The number of carbonyl (C=O) groups is 1. The second-order valence-electron chi connectivity index (χ2n) is 6.71. The molecule has 0 rings (SSSR count). The van der Waals surface area contributed by atoms with Crippen LogP contribution in [0.4, 0.5) is 0 Å². The summed E-state index contributed by atoms with van der Waals surface area (Å²) in [6.45, 7) is 16.2. The Kier molecular flexibility index (Phi) is 5.01. The monoisotopic (exact) mass is 258 g/mol. The van der Waals surface area contributed by atoms with E-state index in [1.54, 1.807) is 0 Å². The molecule has 0 aliphatic rings. The van der Waals surface area contributed by atoms with Crippen LogP contribution in [0.5, 0.6) is 0 Å². The van der Waals surface area contributed by atoms with Crippen LogP contribution in [0, 0.1) is 0 Å². The van der Waals surface area contributed by atoms with Crippen LogP contribution in [-0.2, 0) is 14.0 Å². The van der Waals surface area contributed by atoms with E-state index in [2.05, 4.69) is 33.9 Å². The van der Waals surface area contributed by atoms with E-state index < -0.39 is 13.9 Å². The lowest BCUT2D eigenvalue weighted by molar-refractivity contribution is -0.148. The fraction of sp³-hybridized carbons (Fsp3) is 0.769. The maximum Gasteiger partial charge on any atom is 0.334 e. The molecule has 0 N–H and O–H groups in total. The first-order chi connectivity index (χ1) is 7.35. The van der Waals surface area contributed by atoms with Gasteiger partial charge in [-0.3, -0.25) is 0 Å². The van der Waals surface area contributed by atoms with Crippen LogP contribution >= 0.6 is 0 Å². The Morgan fingerprint density at radius 3 is 1.88 bits per heavy atom. The lowest BCUT2D eigenvalue weighted by Crippen LogP contribution is -2.39. The largest absolute Gasteiger partial charge is 0.549 e. The number of rotatable bonds is 3. The van der Waals surface area contributed by atoms with Gasteiger partial charge in [-0.25, -0.2) is 4.79 Å². The molecule has 3 nitrogen and oxygen atoms in total. The van der Waals surface area contributed by atoms with E-state index >= 15 is 0 Å². The van der Waals surface area contributed by atoms with Gasteiger partial charge >= 0.3 is 5.97 Å². The highest BCUT2D eigenvalue weighted by Crippen LogP contribution is 2.36. The highest BCUT2D eigenvalue weighted by atomic mass is 28.4. The zero-order valence-corrected chi connectivity index (χ0v) is 13.4. The van der Waals surface area contributed by atoms with Crippen LogP contribution in [0.3, 0.4) is 0 Å². The predicted octanol–water partition coefficient (Wildman–Crippen LogP) is 3.86. The lowest BCUT2D eigenvalue weighted by Gasteiger charge is -2.34. The van der Waals surface area contributed by atoms with Crippen LogP contribution in [0.1, 0.15) is 41.5 Å². The molecule has 0 bridgehead atoms. The van der Waals surface area contributed by atoms with Gasteiger partial charge in [0, 0.05) is 0 Å². The average molecular weight is 258 g/mol. The van der Waals surface area contributed by atoms with Gasteiger partial charge in [0.05, 0.1) is 12.3 Å². The molecule has 0 saturated heterocycles. The first kappa shape index (κ1) is 16.2. The van der Waals surface area contributed by atoms with Crippen molar-refractivity contribution in [3.8, 4) is 0 Å². The Hall–Kier alpha value is -0.773. The van der Waals surface area contributed by atoms with Gasteiger partial charge in [0.2, 0.25) is 8.32 Å². The minimum atomic E-state index is -1.82. The normalized spacial score (nSPS) is 13.9. The van der Waals surface area contributed by atoms with Gasteiger partial charge in [-0.1, -0.05) is 20.8 Å². The molecule has 0 fully saturated rings. The maximum atomic E-state index is 11.4. The Morgan fingerprint density at radius 2 is 1.53 bits per heavy atom. The van der Waals surface area contributed by atoms with Crippen molar-refractivity contribution in [2.75, 3.05) is 0 Å². The minimum Gasteiger partial charge on any atom is -0.549 e. The maximum absolute atomic E-state index is 11.4. The zero-order chi connectivity index (χ0) is 13.9. The molecule has 0 aromatic rings. The number of hydrogen-bond acceptors (Lipinski definition) is 3. The molecule has 0 aliphatic carbocycles. The summed E-state index contributed by atoms with van der Waals surface area (Å²) in [6.07, 6.45) is 2.83. The Balaban J connectivity index is 4.35. The van der Waals surface area contributed by atoms with Gasteiger partial charge < -0.3 is 9.16 Å². The molecule has 0 amide bonds. The Bertz CT molecular complexity index is 293. The van der Waals surface area contributed by atoms with Crippen LogP contribution in [0.25, 0.3) is 0 Å². The average Bonchev–Trinajstić information content (AvgIpc) is 1.97. The molecule has 0 aromatic heterocycles. The van der Waals surface area contributed by atoms with Gasteiger partial charge in [-0.05, 0) is 38.9 Å². The molecule has 0 aromatic carbocycles. The molecule has 0 unspecified atom stereocenters. The molecule has 0 aliphatic heterocycles. The molecule has 100 valence electrons. The second-order valence-corrected chi connectivity index (χ2v) is 11.5. The predicted molar refractivity (Wildman–Crippen MR) is 73.3 cm³/mol. The molecule has 0 atom stereocenters. The van der Waals surface area contributed by atoms with Crippen LogP contribution < -0.4 is 0 Å². The van der Waals surface area contributed by atoms with Crippen molar-refractivity contribution in [1.82, 2.24) is 0 Å². The summed E-state index contributed by atoms with van der Waals surface area (Å²) < 4.78 is 10.9. The van der Waals surface area contributed by atoms with Crippen molar-refractivity contribution >= 4 is 14.3 Å². The highest BCUT2D eigenvalue weighted by Gasteiger charge is 2.37. The Morgan fingerprint density at radius 1 is 1.06 bits per heavy atom. The molecular weight excluding hydrogens is 232 g/mol. The molecular formula is C13H26O3Si. The van der Waals surface area contributed by atoms with Gasteiger partial charge in [-0.2, -0.15) is 0 Å². The van der Waals surface area contributed by atoms with Gasteiger partial charge in [0.25, 0.3) is 0 Å². The first-order valence-electron chi connectivity index (χ1n) is 5.92. The van der Waals surface area contributed by atoms with Crippen molar-refractivity contribution in [3.05, 3.63) is 12.3 Å². The fourth-order valence-corrected chi connectivity index (χ4v) is 1.53. The van der Waals surface area contributed by atoms with E-state index in [1.807, 2.05) is 20.8 Å². The molecule has 17 heavy (non-hydrogen) atoms. The third kappa shape index (κ3) is 6.51. The summed E-state index contributed by atoms with van der Waals surface area (Å²) in [5.74, 6) is -0.365. The number of hydrogen-bond donors (Lipinski definition) is 0. The Labute approximate surface area is 106 Å². The van der Waals surface area contributed by atoms with Crippen molar-refractivity contribution < 1.29 is 14.0 Å². The standard InChI is InChI=1S/C13H26O3Si/c1-12(2,3)16-11(14)9-10-15-17(7,8)13(4,5)6/h9-10H,1-8H3/b10-9+. The van der Waals surface area contributed by atoms with Gasteiger partial charge in [0.1, 0.15) is 5.60 Å². The van der Waals surface area contributed by atoms with E-state index in [0.29, 0.717) is 0 Å². The van der Waals surface area contributed by atoms with Crippen LogP contribution in [-0.4, -0.2) is 19.9 Å². The van der Waals surface area contributed by atoms with E-state index in [1.165, 1.54) is 12.3 Å². The second kappa shape index (κ2) is 5.25. The molecule has 4 heteroatoms. The smallest absolute Gasteiger partial charge is 0.334 e. The number of carbonyl (C=O) groups excluding carboxylic acids is 1.